The van der Waals surface area contributed by atoms with Gasteiger partial charge in [0.25, 0.3) is 0 Å². The van der Waals surface area contributed by atoms with Crippen LogP contribution in [0.1, 0.15) is 23.7 Å². The third kappa shape index (κ3) is 3.21. The van der Waals surface area contributed by atoms with Crippen LogP contribution in [0.4, 0.5) is 0 Å². The molecule has 1 nitrogen and oxygen atoms in total. The van der Waals surface area contributed by atoms with Crippen LogP contribution in [0.15, 0.2) is 24.5 Å². The molecule has 0 N–H and O–H groups in total. The molecule has 2 atom stereocenters. The van der Waals surface area contributed by atoms with Crippen molar-refractivity contribution in [3.63, 3.8) is 0 Å². The van der Waals surface area contributed by atoms with Gasteiger partial charge in [0, 0.05) is 16.9 Å². The summed E-state index contributed by atoms with van der Waals surface area (Å²) < 4.78 is 2.17. The van der Waals surface area contributed by atoms with Crippen molar-refractivity contribution in [2.24, 2.45) is 7.05 Å². The van der Waals surface area contributed by atoms with Gasteiger partial charge in [-0.15, -0.1) is 0 Å². The van der Waals surface area contributed by atoms with Crippen molar-refractivity contribution in [1.29, 1.82) is 0 Å². The third-order valence-electron chi connectivity index (χ3n) is 2.94. The second kappa shape index (κ2) is 5.53. The molecule has 0 bridgehead atoms. The molecular weight excluding hydrogens is 432 g/mol. The predicted octanol–water partition coefficient (Wildman–Crippen LogP) is 0.134. The number of aromatic nitrogens is 1. The van der Waals surface area contributed by atoms with Crippen LogP contribution in [-0.2, 0) is 7.05 Å². The summed E-state index contributed by atoms with van der Waals surface area (Å²) in [6, 6.07) is 4.46. The lowest BCUT2D eigenvalue weighted by atomic mass is 10.1. The summed E-state index contributed by atoms with van der Waals surface area (Å²) in [6.45, 7) is 0. The van der Waals surface area contributed by atoms with Crippen LogP contribution in [0.3, 0.4) is 0 Å². The topological polar surface area (TPSA) is 3.88 Å². The number of nitrogens with zero attached hydrogens (tertiary/aromatic N) is 1. The van der Waals surface area contributed by atoms with E-state index in [1.54, 1.807) is 5.56 Å². The van der Waals surface area contributed by atoms with Crippen LogP contribution in [-0.4, -0.2) is 12.0 Å². The molecule has 15 heavy (non-hydrogen) atoms. The Labute approximate surface area is 123 Å². The fourth-order valence-electron chi connectivity index (χ4n) is 2.19. The highest BCUT2D eigenvalue weighted by atomic mass is 127. The van der Waals surface area contributed by atoms with Gasteiger partial charge in [0.2, 0.25) is 0 Å². The number of hydrogen-bond donors (Lipinski definition) is 0. The Balaban J connectivity index is 0.00000112. The van der Waals surface area contributed by atoms with Gasteiger partial charge in [0.15, 0.2) is 12.4 Å². The fraction of sp³-hybridized carbons (Fsp3) is 0.545. The molecule has 0 radical (unpaired) electrons. The SMILES string of the molecule is C[n+]1cccc(C2CCCS2(C)I)c1.[I-]. The first-order valence-electron chi connectivity index (χ1n) is 4.99. The van der Waals surface area contributed by atoms with Crippen molar-refractivity contribution < 1.29 is 28.5 Å². The number of rotatable bonds is 1. The lowest BCUT2D eigenvalue weighted by Crippen LogP contribution is -3.00. The summed E-state index contributed by atoms with van der Waals surface area (Å²) in [6.07, 6.45) is 9.67. The van der Waals surface area contributed by atoms with Gasteiger partial charge < -0.3 is 24.0 Å². The summed E-state index contributed by atoms with van der Waals surface area (Å²) in [4.78, 5) is 0. The lowest BCUT2D eigenvalue weighted by molar-refractivity contribution is -0.671. The summed E-state index contributed by atoms with van der Waals surface area (Å²) in [5.74, 6) is 1.44. The molecule has 1 saturated heterocycles. The molecule has 86 valence electrons. The highest BCUT2D eigenvalue weighted by molar-refractivity contribution is 14.2. The molecule has 0 aromatic carbocycles. The fourth-order valence-corrected chi connectivity index (χ4v) is 7.15. The van der Waals surface area contributed by atoms with Crippen LogP contribution in [0.5, 0.6) is 0 Å². The van der Waals surface area contributed by atoms with Crippen LogP contribution in [0, 0.1) is 0 Å². The van der Waals surface area contributed by atoms with E-state index in [4.69, 9.17) is 0 Å². The molecule has 1 fully saturated rings. The zero-order chi connectivity index (χ0) is 10.2. The number of hydrogen-bond acceptors (Lipinski definition) is 0. The van der Waals surface area contributed by atoms with Gasteiger partial charge in [0.05, 0.1) is 0 Å². The van der Waals surface area contributed by atoms with Crippen LogP contribution in [0.2, 0.25) is 0 Å². The summed E-state index contributed by atoms with van der Waals surface area (Å²) >= 11 is 2.72. The largest absolute Gasteiger partial charge is 1.00 e. The van der Waals surface area contributed by atoms with E-state index in [9.17, 15) is 0 Å². The van der Waals surface area contributed by atoms with E-state index < -0.39 is 7.20 Å². The van der Waals surface area contributed by atoms with Crippen LogP contribution < -0.4 is 28.5 Å². The van der Waals surface area contributed by atoms with Gasteiger partial charge in [-0.3, -0.25) is 0 Å². The molecule has 1 aliphatic heterocycles. The Bertz CT molecular complexity index is 341. The van der Waals surface area contributed by atoms with E-state index >= 15 is 0 Å². The molecule has 1 aromatic rings. The Kier molecular flexibility index (Phi) is 5.17. The molecule has 2 rings (SSSR count). The molecule has 0 spiro atoms. The molecule has 0 aliphatic carbocycles. The van der Waals surface area contributed by atoms with Crippen molar-refractivity contribution in [2.75, 3.05) is 12.0 Å². The minimum absolute atomic E-state index is 0. The molecule has 1 aliphatic rings. The van der Waals surface area contributed by atoms with Crippen molar-refractivity contribution in [3.05, 3.63) is 30.1 Å². The maximum Gasteiger partial charge on any atom is 0.172 e. The van der Waals surface area contributed by atoms with Gasteiger partial charge in [-0.1, -0.05) is 0 Å². The van der Waals surface area contributed by atoms with Crippen molar-refractivity contribution in [1.82, 2.24) is 0 Å². The van der Waals surface area contributed by atoms with Crippen molar-refractivity contribution >= 4 is 28.4 Å². The molecule has 0 amide bonds. The maximum absolute atomic E-state index is 2.72. The Morgan fingerprint density at radius 1 is 1.53 bits per heavy atom. The van der Waals surface area contributed by atoms with Gasteiger partial charge in [0.1, 0.15) is 7.05 Å². The van der Waals surface area contributed by atoms with Crippen LogP contribution in [0.25, 0.3) is 0 Å². The maximum atomic E-state index is 2.72. The van der Waals surface area contributed by atoms with E-state index in [1.807, 2.05) is 0 Å². The summed E-state index contributed by atoms with van der Waals surface area (Å²) in [7, 11) is 1.71. The average Bonchev–Trinajstić information content (AvgIpc) is 2.45. The molecule has 1 aromatic heterocycles. The lowest BCUT2D eigenvalue weighted by Gasteiger charge is -2.30. The van der Waals surface area contributed by atoms with Crippen molar-refractivity contribution in [2.45, 2.75) is 18.1 Å². The van der Waals surface area contributed by atoms with E-state index in [-0.39, 0.29) is 24.0 Å². The van der Waals surface area contributed by atoms with E-state index in [1.165, 1.54) is 18.6 Å². The zero-order valence-corrected chi connectivity index (χ0v) is 14.3. The normalized spacial score (nSPS) is 34.2. The zero-order valence-electron chi connectivity index (χ0n) is 9.12. The quantitative estimate of drug-likeness (QED) is 0.425. The van der Waals surface area contributed by atoms with E-state index in [2.05, 4.69) is 63.6 Å². The second-order valence-corrected chi connectivity index (χ2v) is 13.3. The highest BCUT2D eigenvalue weighted by Crippen LogP contribution is 2.69. The van der Waals surface area contributed by atoms with Crippen LogP contribution >= 0.6 is 28.4 Å². The second-order valence-electron chi connectivity index (χ2n) is 4.18. The first-order chi connectivity index (χ1) is 6.59. The average molecular weight is 449 g/mol. The number of pyridine rings is 1. The van der Waals surface area contributed by atoms with Gasteiger partial charge in [-0.05, 0) is 52.1 Å². The Morgan fingerprint density at radius 2 is 2.27 bits per heavy atom. The monoisotopic (exact) mass is 449 g/mol. The highest BCUT2D eigenvalue weighted by Gasteiger charge is 2.33. The van der Waals surface area contributed by atoms with E-state index in [0.717, 1.165) is 5.25 Å². The van der Waals surface area contributed by atoms with Gasteiger partial charge in [-0.25, -0.2) is 4.57 Å². The smallest absolute Gasteiger partial charge is 0.172 e. The number of halogens is 2. The summed E-state index contributed by atoms with van der Waals surface area (Å²) in [5.41, 5.74) is 1.54. The predicted molar refractivity (Wildman–Crippen MR) is 72.0 cm³/mol. The van der Waals surface area contributed by atoms with Crippen molar-refractivity contribution in [3.8, 4) is 0 Å². The third-order valence-corrected chi connectivity index (χ3v) is 8.88. The molecule has 2 unspecified atom stereocenters. The van der Waals surface area contributed by atoms with E-state index in [0.29, 0.717) is 0 Å². The molecule has 4 heteroatoms. The number of aryl methyl sites for hydroxylation is 1. The minimum Gasteiger partial charge on any atom is -1.00 e. The first kappa shape index (κ1) is 14.0. The molecule has 0 saturated carbocycles. The van der Waals surface area contributed by atoms with Gasteiger partial charge in [-0.2, -0.15) is 7.20 Å². The summed E-state index contributed by atoms with van der Waals surface area (Å²) in [5, 5.41) is 0.829. The standard InChI is InChI=1S/C11H17INS.HI/c1-13-7-3-5-10(9-13)11-6-4-8-14(11,2)12;/h3,5,7,9,11H,4,6,8H2,1-2H3;1H/q+1;/p-1. The molecule has 2 heterocycles. The Hall–Kier alpha value is 0.960. The minimum atomic E-state index is -0.400. The molecular formula is C11H17I2NS. The Morgan fingerprint density at radius 3 is 2.80 bits per heavy atom. The first-order valence-corrected chi connectivity index (χ1v) is 9.81. The van der Waals surface area contributed by atoms with Gasteiger partial charge >= 0.3 is 0 Å².